The van der Waals surface area contributed by atoms with Crippen LogP contribution in [0.4, 0.5) is 0 Å². The second-order valence-corrected chi connectivity index (χ2v) is 7.77. The molecule has 2 heterocycles. The van der Waals surface area contributed by atoms with E-state index >= 15 is 0 Å². The summed E-state index contributed by atoms with van der Waals surface area (Å²) in [6.45, 7) is 3.98. The first-order chi connectivity index (χ1) is 13.9. The van der Waals surface area contributed by atoms with E-state index in [1.165, 1.54) is 0 Å². The molecule has 0 bridgehead atoms. The van der Waals surface area contributed by atoms with Crippen LogP contribution in [0.1, 0.15) is 58.0 Å². The van der Waals surface area contributed by atoms with Crippen molar-refractivity contribution in [3.05, 3.63) is 70.8 Å². The quantitative estimate of drug-likeness (QED) is 0.610. The lowest BCUT2D eigenvalue weighted by molar-refractivity contribution is 0.00616. The van der Waals surface area contributed by atoms with Crippen molar-refractivity contribution >= 4 is 11.9 Å². The summed E-state index contributed by atoms with van der Waals surface area (Å²) in [6.07, 6.45) is -0.188. The van der Waals surface area contributed by atoms with Crippen molar-refractivity contribution in [2.45, 2.75) is 26.2 Å². The number of carbonyl (C=O) groups is 2. The van der Waals surface area contributed by atoms with Crippen molar-refractivity contribution in [3.63, 3.8) is 0 Å². The van der Waals surface area contributed by atoms with Crippen molar-refractivity contribution < 1.29 is 19.1 Å². The Balaban J connectivity index is 1.24. The molecule has 0 aliphatic carbocycles. The van der Waals surface area contributed by atoms with E-state index in [0.29, 0.717) is 11.1 Å². The third-order valence-corrected chi connectivity index (χ3v) is 4.54. The van der Waals surface area contributed by atoms with E-state index in [-0.39, 0.29) is 25.5 Å². The Hall–Kier alpha value is -3.42. The van der Waals surface area contributed by atoms with Gasteiger partial charge in [-0.2, -0.15) is 20.5 Å². The fourth-order valence-corrected chi connectivity index (χ4v) is 2.65. The van der Waals surface area contributed by atoms with E-state index in [2.05, 4.69) is 20.5 Å². The highest BCUT2D eigenvalue weighted by Crippen LogP contribution is 2.31. The highest BCUT2D eigenvalue weighted by Gasteiger charge is 2.25. The predicted octanol–water partition coefficient (Wildman–Crippen LogP) is 4.66. The van der Waals surface area contributed by atoms with Crippen LogP contribution >= 0.6 is 0 Å². The van der Waals surface area contributed by atoms with Gasteiger partial charge in [0.1, 0.15) is 0 Å². The number of hydrogen-bond acceptors (Lipinski definition) is 8. The molecule has 8 nitrogen and oxygen atoms in total. The van der Waals surface area contributed by atoms with Crippen LogP contribution in [0.15, 0.2) is 69.0 Å². The molecule has 0 aromatic heterocycles. The summed E-state index contributed by atoms with van der Waals surface area (Å²) in [7, 11) is 0. The molecule has 2 aliphatic rings. The summed E-state index contributed by atoms with van der Waals surface area (Å²) in [5.74, 6) is -0.848. The Morgan fingerprint density at radius 3 is 1.38 bits per heavy atom. The Morgan fingerprint density at radius 1 is 0.724 bits per heavy atom. The summed E-state index contributed by atoms with van der Waals surface area (Å²) in [6, 6.07) is 14.0. The van der Waals surface area contributed by atoms with Crippen LogP contribution in [-0.4, -0.2) is 25.2 Å². The monoisotopic (exact) mass is 392 g/mol. The number of rotatable bonds is 8. The highest BCUT2D eigenvalue weighted by atomic mass is 16.5. The van der Waals surface area contributed by atoms with E-state index in [1.807, 2.05) is 38.1 Å². The average molecular weight is 392 g/mol. The molecule has 0 saturated heterocycles. The number of esters is 2. The minimum Gasteiger partial charge on any atom is -0.461 e. The van der Waals surface area contributed by atoms with Crippen molar-refractivity contribution in [2.24, 2.45) is 25.9 Å². The van der Waals surface area contributed by atoms with Crippen LogP contribution in [0.5, 0.6) is 0 Å². The Labute approximate surface area is 167 Å². The van der Waals surface area contributed by atoms with Crippen molar-refractivity contribution in [3.8, 4) is 0 Å². The average Bonchev–Trinajstić information content (AvgIpc) is 3.63. The first kappa shape index (κ1) is 18.9. The van der Waals surface area contributed by atoms with Crippen LogP contribution in [0.3, 0.4) is 0 Å². The van der Waals surface area contributed by atoms with E-state index in [4.69, 9.17) is 9.47 Å². The van der Waals surface area contributed by atoms with Crippen LogP contribution < -0.4 is 0 Å². The van der Waals surface area contributed by atoms with Gasteiger partial charge in [-0.05, 0) is 24.3 Å². The highest BCUT2D eigenvalue weighted by molar-refractivity contribution is 5.90. The van der Waals surface area contributed by atoms with Crippen molar-refractivity contribution in [2.75, 3.05) is 13.2 Å². The smallest absolute Gasteiger partial charge is 0.338 e. The van der Waals surface area contributed by atoms with Gasteiger partial charge in [-0.1, -0.05) is 38.1 Å². The molecule has 0 saturated carbocycles. The zero-order valence-corrected chi connectivity index (χ0v) is 16.1. The topological polar surface area (TPSA) is 102 Å². The number of hydrogen-bond donors (Lipinski definition) is 0. The molecule has 29 heavy (non-hydrogen) atoms. The molecule has 2 aromatic rings. The summed E-state index contributed by atoms with van der Waals surface area (Å²) < 4.78 is 10.8. The van der Waals surface area contributed by atoms with Gasteiger partial charge in [-0.25, -0.2) is 9.59 Å². The fraction of sp³-hybridized carbons (Fsp3) is 0.333. The Morgan fingerprint density at radius 2 is 1.07 bits per heavy atom. The molecule has 8 heteroatoms. The standard InChI is InChI=1S/C21H20N4O4/c1-21(2,11-28-19(26)15-7-3-13(4-8-15)17-22-23-17)12-29-20(27)16-9-5-14(6-10-16)18-24-25-18/h3-10,17-18H,11-12H2,1-2H3. The fourth-order valence-electron chi connectivity index (χ4n) is 2.65. The van der Waals surface area contributed by atoms with E-state index in [0.717, 1.165) is 11.1 Å². The number of carbonyl (C=O) groups excluding carboxylic acids is 2. The third kappa shape index (κ3) is 4.90. The van der Waals surface area contributed by atoms with Crippen LogP contribution in [0.25, 0.3) is 0 Å². The second kappa shape index (κ2) is 7.54. The zero-order chi connectivity index (χ0) is 20.4. The molecular weight excluding hydrogens is 372 g/mol. The van der Waals surface area contributed by atoms with Gasteiger partial charge in [0, 0.05) is 16.5 Å². The molecule has 0 atom stereocenters. The number of benzene rings is 2. The van der Waals surface area contributed by atoms with Crippen molar-refractivity contribution in [1.82, 2.24) is 0 Å². The van der Waals surface area contributed by atoms with Crippen molar-refractivity contribution in [1.29, 1.82) is 0 Å². The largest absolute Gasteiger partial charge is 0.461 e. The maximum atomic E-state index is 12.2. The number of ether oxygens (including phenoxy) is 2. The minimum atomic E-state index is -0.525. The summed E-state index contributed by atoms with van der Waals surface area (Å²) >= 11 is 0. The molecule has 0 N–H and O–H groups in total. The SMILES string of the molecule is CC(C)(COC(=O)c1ccc(C2N=N2)cc1)COC(=O)c1ccc(C2N=N2)cc1. The lowest BCUT2D eigenvalue weighted by atomic mass is 9.96. The van der Waals surface area contributed by atoms with Gasteiger partial charge in [-0.15, -0.1) is 0 Å². The lowest BCUT2D eigenvalue weighted by Gasteiger charge is -2.23. The van der Waals surface area contributed by atoms with Gasteiger partial charge in [0.25, 0.3) is 0 Å². The predicted molar refractivity (Wildman–Crippen MR) is 102 cm³/mol. The second-order valence-electron chi connectivity index (χ2n) is 7.77. The third-order valence-electron chi connectivity index (χ3n) is 4.54. The van der Waals surface area contributed by atoms with Gasteiger partial charge in [0.15, 0.2) is 0 Å². The van der Waals surface area contributed by atoms with Gasteiger partial charge < -0.3 is 9.47 Å². The Bertz CT molecular complexity index is 889. The summed E-state index contributed by atoms with van der Waals surface area (Å²) in [4.78, 5) is 24.5. The number of nitrogens with zero attached hydrogens (tertiary/aromatic N) is 4. The molecule has 148 valence electrons. The van der Waals surface area contributed by atoms with Gasteiger partial charge in [0.05, 0.1) is 24.3 Å². The summed E-state index contributed by atoms with van der Waals surface area (Å²) in [5, 5.41) is 15.4. The first-order valence-corrected chi connectivity index (χ1v) is 9.25. The molecular formula is C21H20N4O4. The van der Waals surface area contributed by atoms with Gasteiger partial charge in [-0.3, -0.25) is 0 Å². The zero-order valence-electron chi connectivity index (χ0n) is 16.1. The molecule has 0 fully saturated rings. The normalized spacial score (nSPS) is 15.2. The molecule has 4 rings (SSSR count). The Kier molecular flexibility index (Phi) is 4.92. The van der Waals surface area contributed by atoms with Crippen LogP contribution in [-0.2, 0) is 9.47 Å². The minimum absolute atomic E-state index is 0.0939. The molecule has 0 radical (unpaired) electrons. The van der Waals surface area contributed by atoms with Gasteiger partial charge in [0.2, 0.25) is 12.3 Å². The van der Waals surface area contributed by atoms with E-state index in [1.54, 1.807) is 24.3 Å². The summed E-state index contributed by atoms with van der Waals surface area (Å²) in [5.41, 5.74) is 2.28. The van der Waals surface area contributed by atoms with Gasteiger partial charge >= 0.3 is 11.9 Å². The molecule has 0 unspecified atom stereocenters. The van der Waals surface area contributed by atoms with E-state index < -0.39 is 17.4 Å². The lowest BCUT2D eigenvalue weighted by Crippen LogP contribution is -2.28. The maximum Gasteiger partial charge on any atom is 0.338 e. The van der Waals surface area contributed by atoms with E-state index in [9.17, 15) is 9.59 Å². The molecule has 2 aliphatic heterocycles. The first-order valence-electron chi connectivity index (χ1n) is 9.25. The molecule has 0 spiro atoms. The van der Waals surface area contributed by atoms with Crippen LogP contribution in [0.2, 0.25) is 0 Å². The maximum absolute atomic E-state index is 12.2. The molecule has 2 aromatic carbocycles. The van der Waals surface area contributed by atoms with Crippen LogP contribution in [0, 0.1) is 5.41 Å². The molecule has 0 amide bonds.